The maximum absolute atomic E-state index is 12.8. The average molecular weight is 487 g/mol. The second-order valence-corrected chi connectivity index (χ2v) is 9.80. The molecule has 1 aliphatic heterocycles. The van der Waals surface area contributed by atoms with Gasteiger partial charge < -0.3 is 25.0 Å². The molecule has 1 aromatic heterocycles. The first-order valence-corrected chi connectivity index (χ1v) is 12.5. The van der Waals surface area contributed by atoms with Crippen LogP contribution in [0.25, 0.3) is 0 Å². The van der Waals surface area contributed by atoms with E-state index < -0.39 is 0 Å². The summed E-state index contributed by atoms with van der Waals surface area (Å²) in [5.74, 6) is 1.54. The van der Waals surface area contributed by atoms with Crippen molar-refractivity contribution in [1.82, 2.24) is 15.2 Å². The zero-order valence-corrected chi connectivity index (χ0v) is 20.8. The van der Waals surface area contributed by atoms with Crippen LogP contribution in [-0.4, -0.2) is 61.9 Å². The molecule has 1 saturated carbocycles. The van der Waals surface area contributed by atoms with Crippen LogP contribution in [-0.2, 0) is 4.74 Å². The predicted molar refractivity (Wildman–Crippen MR) is 135 cm³/mol. The Morgan fingerprint density at radius 3 is 2.50 bits per heavy atom. The summed E-state index contributed by atoms with van der Waals surface area (Å²) >= 11 is 5.96. The first-order chi connectivity index (χ1) is 16.5. The Kier molecular flexibility index (Phi) is 8.64. The standard InChI is InChI=1S/C26H35ClN4O3/c1-33-21-9-3-18(4-10-21)16-31-14-13-25(23(17-31)24-12-11-22(34-2)15-28-24)30-26(32)29-20-7-5-19(27)6-8-20/h5-8,11-12,15,18,21,23,25H,3-4,9-10,13-14,16-17H2,1-2H3,(H2,29,30,32)/t18?,21?,23-,25+/m0/s1. The molecule has 0 bridgehead atoms. The summed E-state index contributed by atoms with van der Waals surface area (Å²) in [4.78, 5) is 20.0. The third-order valence-corrected chi connectivity index (χ3v) is 7.39. The smallest absolute Gasteiger partial charge is 0.319 e. The number of hydrogen-bond acceptors (Lipinski definition) is 5. The summed E-state index contributed by atoms with van der Waals surface area (Å²) in [5, 5.41) is 6.76. The molecular weight excluding hydrogens is 452 g/mol. The molecule has 0 radical (unpaired) electrons. The first-order valence-electron chi connectivity index (χ1n) is 12.1. The van der Waals surface area contributed by atoms with Crippen molar-refractivity contribution in [3.05, 3.63) is 53.3 Å². The average Bonchev–Trinajstić information content (AvgIpc) is 2.87. The van der Waals surface area contributed by atoms with Crippen molar-refractivity contribution in [2.45, 2.75) is 50.2 Å². The number of benzene rings is 1. The molecule has 0 unspecified atom stereocenters. The molecule has 2 N–H and O–H groups in total. The van der Waals surface area contributed by atoms with E-state index in [1.54, 1.807) is 37.6 Å². The van der Waals surface area contributed by atoms with Gasteiger partial charge in [0.15, 0.2) is 0 Å². The van der Waals surface area contributed by atoms with E-state index in [0.29, 0.717) is 22.7 Å². The molecule has 2 amide bonds. The van der Waals surface area contributed by atoms with Crippen molar-refractivity contribution in [2.75, 3.05) is 39.2 Å². The van der Waals surface area contributed by atoms with E-state index in [4.69, 9.17) is 21.1 Å². The lowest BCUT2D eigenvalue weighted by molar-refractivity contribution is 0.0460. The van der Waals surface area contributed by atoms with Crippen LogP contribution < -0.4 is 15.4 Å². The highest BCUT2D eigenvalue weighted by Crippen LogP contribution is 2.31. The Morgan fingerprint density at radius 2 is 1.85 bits per heavy atom. The van der Waals surface area contributed by atoms with Gasteiger partial charge in [-0.15, -0.1) is 0 Å². The molecule has 1 aliphatic carbocycles. The number of carbonyl (C=O) groups is 1. The molecule has 8 heteroatoms. The predicted octanol–water partition coefficient (Wildman–Crippen LogP) is 4.93. The number of hydrogen-bond donors (Lipinski definition) is 2. The summed E-state index contributed by atoms with van der Waals surface area (Å²) < 4.78 is 10.8. The number of piperidine rings is 1. The fourth-order valence-corrected chi connectivity index (χ4v) is 5.30. The summed E-state index contributed by atoms with van der Waals surface area (Å²) in [6.07, 6.45) is 7.77. The van der Waals surface area contributed by atoms with Gasteiger partial charge in [0, 0.05) is 55.1 Å². The lowest BCUT2D eigenvalue weighted by Gasteiger charge is -2.41. The van der Waals surface area contributed by atoms with Crippen LogP contribution in [0.3, 0.4) is 0 Å². The second-order valence-electron chi connectivity index (χ2n) is 9.37. The van der Waals surface area contributed by atoms with Gasteiger partial charge in [-0.3, -0.25) is 4.98 Å². The van der Waals surface area contributed by atoms with Gasteiger partial charge in [0.1, 0.15) is 5.75 Å². The number of ether oxygens (including phenoxy) is 2. The van der Waals surface area contributed by atoms with Gasteiger partial charge in [-0.1, -0.05) is 11.6 Å². The van der Waals surface area contributed by atoms with Gasteiger partial charge in [0.05, 0.1) is 19.4 Å². The van der Waals surface area contributed by atoms with Crippen LogP contribution in [0.15, 0.2) is 42.6 Å². The first kappa shape index (κ1) is 24.8. The fourth-order valence-electron chi connectivity index (χ4n) is 5.17. The molecule has 2 heterocycles. The molecule has 1 saturated heterocycles. The van der Waals surface area contributed by atoms with Crippen LogP contribution in [0.5, 0.6) is 5.75 Å². The molecule has 0 spiro atoms. The van der Waals surface area contributed by atoms with Gasteiger partial charge in [-0.2, -0.15) is 0 Å². The van der Waals surface area contributed by atoms with E-state index in [9.17, 15) is 4.79 Å². The largest absolute Gasteiger partial charge is 0.495 e. The third kappa shape index (κ3) is 6.62. The van der Waals surface area contributed by atoms with Crippen molar-refractivity contribution >= 4 is 23.3 Å². The van der Waals surface area contributed by atoms with Gasteiger partial charge in [-0.25, -0.2) is 4.79 Å². The van der Waals surface area contributed by atoms with Crippen LogP contribution >= 0.6 is 11.6 Å². The molecule has 7 nitrogen and oxygen atoms in total. The van der Waals surface area contributed by atoms with E-state index in [2.05, 4.69) is 20.5 Å². The zero-order valence-electron chi connectivity index (χ0n) is 20.0. The second kappa shape index (κ2) is 11.9. The van der Waals surface area contributed by atoms with E-state index in [-0.39, 0.29) is 18.0 Å². The summed E-state index contributed by atoms with van der Waals surface area (Å²) in [7, 11) is 3.46. The Hall–Kier alpha value is -2.35. The Labute approximate surface area is 207 Å². The fraction of sp³-hybridized carbons (Fsp3) is 0.538. The van der Waals surface area contributed by atoms with Crippen LogP contribution in [0.2, 0.25) is 5.02 Å². The number of amides is 2. The molecule has 184 valence electrons. The number of urea groups is 1. The van der Waals surface area contributed by atoms with E-state index in [1.807, 2.05) is 19.2 Å². The van der Waals surface area contributed by atoms with Crippen LogP contribution in [0, 0.1) is 5.92 Å². The summed E-state index contributed by atoms with van der Waals surface area (Å²) in [5.41, 5.74) is 1.69. The Balaban J connectivity index is 1.41. The molecule has 2 aliphatic rings. The minimum absolute atomic E-state index is 0.00586. The number of rotatable bonds is 7. The molecule has 34 heavy (non-hydrogen) atoms. The summed E-state index contributed by atoms with van der Waals surface area (Å²) in [6, 6.07) is 10.9. The minimum atomic E-state index is -0.211. The van der Waals surface area contributed by atoms with Gasteiger partial charge in [0.25, 0.3) is 0 Å². The number of nitrogens with zero attached hydrogens (tertiary/aromatic N) is 2. The topological polar surface area (TPSA) is 75.7 Å². The third-order valence-electron chi connectivity index (χ3n) is 7.13. The van der Waals surface area contributed by atoms with E-state index in [1.165, 1.54) is 12.8 Å². The maximum atomic E-state index is 12.8. The molecular formula is C26H35ClN4O3. The number of aromatic nitrogens is 1. The molecule has 2 aromatic rings. The number of likely N-dealkylation sites (tertiary alicyclic amines) is 1. The number of carbonyl (C=O) groups excluding carboxylic acids is 1. The van der Waals surface area contributed by atoms with Gasteiger partial charge in [0.2, 0.25) is 0 Å². The van der Waals surface area contributed by atoms with E-state index >= 15 is 0 Å². The Bertz CT molecular complexity index is 917. The lowest BCUT2D eigenvalue weighted by atomic mass is 9.84. The lowest BCUT2D eigenvalue weighted by Crippen LogP contribution is -2.51. The number of methoxy groups -OCH3 is 2. The highest BCUT2D eigenvalue weighted by molar-refractivity contribution is 6.30. The number of halogens is 1. The highest BCUT2D eigenvalue weighted by Gasteiger charge is 2.34. The van der Waals surface area contributed by atoms with Crippen LogP contribution in [0.1, 0.15) is 43.7 Å². The van der Waals surface area contributed by atoms with Crippen molar-refractivity contribution in [2.24, 2.45) is 5.92 Å². The van der Waals surface area contributed by atoms with Crippen molar-refractivity contribution in [1.29, 1.82) is 0 Å². The maximum Gasteiger partial charge on any atom is 0.319 e. The number of anilines is 1. The van der Waals surface area contributed by atoms with Crippen molar-refractivity contribution in [3.63, 3.8) is 0 Å². The monoisotopic (exact) mass is 486 g/mol. The zero-order chi connectivity index (χ0) is 23.9. The highest BCUT2D eigenvalue weighted by atomic mass is 35.5. The minimum Gasteiger partial charge on any atom is -0.495 e. The van der Waals surface area contributed by atoms with E-state index in [0.717, 1.165) is 50.3 Å². The van der Waals surface area contributed by atoms with Crippen molar-refractivity contribution in [3.8, 4) is 5.75 Å². The normalized spacial score (nSPS) is 25.5. The quantitative estimate of drug-likeness (QED) is 0.580. The number of nitrogens with one attached hydrogen (secondary N) is 2. The van der Waals surface area contributed by atoms with Gasteiger partial charge in [-0.05, 0) is 74.4 Å². The molecule has 2 fully saturated rings. The molecule has 1 aromatic carbocycles. The Morgan fingerprint density at radius 1 is 1.09 bits per heavy atom. The van der Waals surface area contributed by atoms with Crippen molar-refractivity contribution < 1.29 is 14.3 Å². The SMILES string of the molecule is COc1ccc([C@@H]2CN(CC3CCC(OC)CC3)CC[C@H]2NC(=O)Nc2ccc(Cl)cc2)nc1. The molecule has 4 rings (SSSR count). The van der Waals surface area contributed by atoms with Gasteiger partial charge >= 0.3 is 6.03 Å². The summed E-state index contributed by atoms with van der Waals surface area (Å²) in [6.45, 7) is 2.92. The molecule has 2 atom stereocenters. The number of pyridine rings is 1. The van der Waals surface area contributed by atoms with Crippen LogP contribution in [0.4, 0.5) is 10.5 Å².